The number of benzene rings is 1. The summed E-state index contributed by atoms with van der Waals surface area (Å²) >= 11 is 0. The lowest BCUT2D eigenvalue weighted by Crippen LogP contribution is -2.31. The topological polar surface area (TPSA) is 64.1 Å². The maximum absolute atomic E-state index is 13.8. The van der Waals surface area contributed by atoms with Gasteiger partial charge in [-0.05, 0) is 12.5 Å². The number of fused-ring (bicyclic) bond motifs is 1. The molecule has 1 heterocycles. The van der Waals surface area contributed by atoms with Gasteiger partial charge in [0.25, 0.3) is 5.56 Å². The molecule has 1 aliphatic rings. The standard InChI is InChI=1S/C13H12F2N2O3.C2H6/c1-5-6(14)4-9(20-2)11-10(5)12(18)16-13(19)17(11)8-3-7(8)15;1-2/h4,7-8H,3H2,1-2H3,(H,16,18,19);1-2H3. The van der Waals surface area contributed by atoms with Crippen LogP contribution >= 0.6 is 0 Å². The number of hydrogen-bond donors (Lipinski definition) is 1. The van der Waals surface area contributed by atoms with E-state index in [1.54, 1.807) is 0 Å². The molecule has 0 aliphatic heterocycles. The van der Waals surface area contributed by atoms with E-state index in [-0.39, 0.29) is 28.6 Å². The molecular weight excluding hydrogens is 294 g/mol. The third-order valence-electron chi connectivity index (χ3n) is 3.60. The number of alkyl halides is 1. The molecule has 3 rings (SSSR count). The molecule has 1 aromatic heterocycles. The third-order valence-corrected chi connectivity index (χ3v) is 3.60. The molecule has 1 fully saturated rings. The van der Waals surface area contributed by atoms with E-state index >= 15 is 0 Å². The number of H-pyrrole nitrogens is 1. The number of halogens is 2. The molecule has 2 unspecified atom stereocenters. The lowest BCUT2D eigenvalue weighted by molar-refractivity contribution is 0.408. The summed E-state index contributed by atoms with van der Waals surface area (Å²) in [5.74, 6) is -0.567. The number of nitrogens with one attached hydrogen (secondary N) is 1. The van der Waals surface area contributed by atoms with Gasteiger partial charge in [0, 0.05) is 12.5 Å². The normalized spacial score (nSPS) is 19.5. The zero-order valence-electron chi connectivity index (χ0n) is 12.9. The van der Waals surface area contributed by atoms with Gasteiger partial charge in [0.1, 0.15) is 23.3 Å². The molecule has 0 bridgehead atoms. The number of aryl methyl sites for hydroxylation is 1. The van der Waals surface area contributed by atoms with Crippen LogP contribution in [0.25, 0.3) is 10.9 Å². The Morgan fingerprint density at radius 3 is 2.45 bits per heavy atom. The number of rotatable bonds is 2. The molecule has 0 saturated heterocycles. The van der Waals surface area contributed by atoms with Crippen LogP contribution in [-0.4, -0.2) is 22.8 Å². The van der Waals surface area contributed by atoms with Crippen molar-refractivity contribution in [3.8, 4) is 5.75 Å². The lowest BCUT2D eigenvalue weighted by atomic mass is 10.1. The number of ether oxygens (including phenoxy) is 1. The number of nitrogens with zero attached hydrogens (tertiary/aromatic N) is 1. The van der Waals surface area contributed by atoms with E-state index in [9.17, 15) is 18.4 Å². The Morgan fingerprint density at radius 1 is 1.36 bits per heavy atom. The summed E-state index contributed by atoms with van der Waals surface area (Å²) in [6.45, 7) is 5.43. The second-order valence-corrected chi connectivity index (χ2v) is 4.86. The number of hydrogen-bond acceptors (Lipinski definition) is 3. The molecule has 7 heteroatoms. The summed E-state index contributed by atoms with van der Waals surface area (Å²) in [6.07, 6.45) is -0.947. The lowest BCUT2D eigenvalue weighted by Gasteiger charge is -2.14. The van der Waals surface area contributed by atoms with Crippen molar-refractivity contribution in [2.24, 2.45) is 0 Å². The number of aromatic nitrogens is 2. The zero-order chi connectivity index (χ0) is 16.6. The minimum Gasteiger partial charge on any atom is -0.494 e. The molecule has 1 aromatic carbocycles. The van der Waals surface area contributed by atoms with Gasteiger partial charge in [-0.1, -0.05) is 13.8 Å². The predicted octanol–water partition coefficient (Wildman–Crippen LogP) is 2.46. The van der Waals surface area contributed by atoms with E-state index in [1.807, 2.05) is 13.8 Å². The summed E-state index contributed by atoms with van der Waals surface area (Å²) in [5, 5.41) is 0.0144. The first-order valence-electron chi connectivity index (χ1n) is 7.11. The van der Waals surface area contributed by atoms with Crippen LogP contribution in [0.3, 0.4) is 0 Å². The molecular formula is C15H18F2N2O3. The summed E-state index contributed by atoms with van der Waals surface area (Å²) in [5.41, 5.74) is -1.17. The van der Waals surface area contributed by atoms with Crippen molar-refractivity contribution in [2.75, 3.05) is 7.11 Å². The summed E-state index contributed by atoms with van der Waals surface area (Å²) in [6, 6.07) is 0.462. The van der Waals surface area contributed by atoms with Crippen molar-refractivity contribution in [3.63, 3.8) is 0 Å². The van der Waals surface area contributed by atoms with E-state index in [0.717, 1.165) is 10.6 Å². The van der Waals surface area contributed by atoms with E-state index in [0.29, 0.717) is 0 Å². The van der Waals surface area contributed by atoms with Crippen LogP contribution < -0.4 is 16.0 Å². The smallest absolute Gasteiger partial charge is 0.329 e. The van der Waals surface area contributed by atoms with Crippen LogP contribution in [0.1, 0.15) is 31.9 Å². The summed E-state index contributed by atoms with van der Waals surface area (Å²) < 4.78 is 33.3. The van der Waals surface area contributed by atoms with Crippen LogP contribution in [0.15, 0.2) is 15.7 Å². The van der Waals surface area contributed by atoms with Crippen molar-refractivity contribution in [1.82, 2.24) is 9.55 Å². The maximum Gasteiger partial charge on any atom is 0.329 e. The van der Waals surface area contributed by atoms with E-state index in [2.05, 4.69) is 4.98 Å². The largest absolute Gasteiger partial charge is 0.494 e. The summed E-state index contributed by atoms with van der Waals surface area (Å²) in [7, 11) is 1.30. The van der Waals surface area contributed by atoms with Gasteiger partial charge in [0.15, 0.2) is 0 Å². The second-order valence-electron chi connectivity index (χ2n) is 4.86. The highest BCUT2D eigenvalue weighted by molar-refractivity contribution is 5.87. The highest BCUT2D eigenvalue weighted by Crippen LogP contribution is 2.41. The van der Waals surface area contributed by atoms with Gasteiger partial charge >= 0.3 is 5.69 Å². The van der Waals surface area contributed by atoms with Crippen LogP contribution in [0.5, 0.6) is 5.75 Å². The van der Waals surface area contributed by atoms with Crippen LogP contribution in [0, 0.1) is 12.7 Å². The number of methoxy groups -OCH3 is 1. The Hall–Kier alpha value is -2.18. The first-order valence-corrected chi connectivity index (χ1v) is 7.11. The molecule has 0 amide bonds. The first kappa shape index (κ1) is 16.2. The van der Waals surface area contributed by atoms with Crippen molar-refractivity contribution >= 4 is 10.9 Å². The SMILES string of the molecule is CC.COc1cc(F)c(C)c2c(=O)[nH]c(=O)n(C3CC3F)c12. The van der Waals surface area contributed by atoms with E-state index in [4.69, 9.17) is 4.74 Å². The molecule has 5 nitrogen and oxygen atoms in total. The molecule has 2 aromatic rings. The predicted molar refractivity (Wildman–Crippen MR) is 80.0 cm³/mol. The molecule has 120 valence electrons. The van der Waals surface area contributed by atoms with Crippen LogP contribution in [0.4, 0.5) is 8.78 Å². The van der Waals surface area contributed by atoms with Gasteiger partial charge < -0.3 is 4.74 Å². The first-order chi connectivity index (χ1) is 10.5. The zero-order valence-corrected chi connectivity index (χ0v) is 12.9. The van der Waals surface area contributed by atoms with Crippen molar-refractivity contribution in [3.05, 3.63) is 38.3 Å². The Labute approximate surface area is 125 Å². The molecule has 0 radical (unpaired) electrons. The average Bonchev–Trinajstić information content (AvgIpc) is 3.20. The molecule has 2 atom stereocenters. The highest BCUT2D eigenvalue weighted by Gasteiger charge is 2.41. The molecule has 1 saturated carbocycles. The quantitative estimate of drug-likeness (QED) is 0.926. The monoisotopic (exact) mass is 312 g/mol. The fourth-order valence-electron chi connectivity index (χ4n) is 2.44. The maximum atomic E-state index is 13.8. The van der Waals surface area contributed by atoms with Crippen molar-refractivity contribution in [2.45, 2.75) is 39.4 Å². The fraction of sp³-hybridized carbons (Fsp3) is 0.467. The van der Waals surface area contributed by atoms with Gasteiger partial charge in [-0.15, -0.1) is 0 Å². The second kappa shape index (κ2) is 5.90. The Balaban J connectivity index is 0.000000847. The van der Waals surface area contributed by atoms with Gasteiger partial charge in [0.2, 0.25) is 0 Å². The van der Waals surface area contributed by atoms with Gasteiger partial charge in [-0.25, -0.2) is 13.6 Å². The molecule has 1 N–H and O–H groups in total. The van der Waals surface area contributed by atoms with Crippen molar-refractivity contribution < 1.29 is 13.5 Å². The minimum absolute atomic E-state index is 0.0144. The van der Waals surface area contributed by atoms with E-state index in [1.165, 1.54) is 14.0 Å². The van der Waals surface area contributed by atoms with Crippen LogP contribution in [-0.2, 0) is 0 Å². The third kappa shape index (κ3) is 2.40. The minimum atomic E-state index is -1.14. The fourth-order valence-corrected chi connectivity index (χ4v) is 2.44. The van der Waals surface area contributed by atoms with Crippen LogP contribution in [0.2, 0.25) is 0 Å². The Morgan fingerprint density at radius 2 is 1.95 bits per heavy atom. The van der Waals surface area contributed by atoms with Crippen molar-refractivity contribution in [1.29, 1.82) is 0 Å². The summed E-state index contributed by atoms with van der Waals surface area (Å²) in [4.78, 5) is 26.0. The number of aromatic amines is 1. The average molecular weight is 312 g/mol. The van der Waals surface area contributed by atoms with Gasteiger partial charge in [0.05, 0.1) is 18.5 Å². The highest BCUT2D eigenvalue weighted by atomic mass is 19.1. The molecule has 0 spiro atoms. The van der Waals surface area contributed by atoms with Gasteiger partial charge in [-0.2, -0.15) is 0 Å². The molecule has 1 aliphatic carbocycles. The van der Waals surface area contributed by atoms with E-state index < -0.39 is 29.3 Å². The molecule has 22 heavy (non-hydrogen) atoms. The Bertz CT molecular complexity index is 826. The Kier molecular flexibility index (Phi) is 4.35. The van der Waals surface area contributed by atoms with Gasteiger partial charge in [-0.3, -0.25) is 14.3 Å².